The molecule has 0 aliphatic carbocycles. The summed E-state index contributed by atoms with van der Waals surface area (Å²) in [6, 6.07) is 21.9. The number of aryl methyl sites for hydroxylation is 1. The third-order valence-corrected chi connectivity index (χ3v) is 18.0. The first-order valence-corrected chi connectivity index (χ1v) is 25.0. The van der Waals surface area contributed by atoms with E-state index in [0.29, 0.717) is 44.7 Å². The lowest BCUT2D eigenvalue weighted by Gasteiger charge is -2.37. The highest BCUT2D eigenvalue weighted by molar-refractivity contribution is 6.91. The van der Waals surface area contributed by atoms with Crippen LogP contribution in [0.3, 0.4) is 0 Å². The Kier molecular flexibility index (Phi) is 12.7. The zero-order chi connectivity index (χ0) is 42.7. The Balaban J connectivity index is 1.14. The fourth-order valence-electron chi connectivity index (χ4n) is 10.3. The summed E-state index contributed by atoms with van der Waals surface area (Å²) >= 11 is 0. The van der Waals surface area contributed by atoms with Crippen molar-refractivity contribution in [2.75, 3.05) is 55.4 Å². The SMILES string of the molecule is COc1ccc([Si](C)(C)[C@H]2[C@H](CCn3cc(CCO)nn3)O[C@@]3(C(=O)N(Cc4ccc(NC(=O)C5CCCNC5)cc4)c4ccc(NC(=O)C5CCCNC5)cc43)[C@@H]2C)cc1. The molecule has 5 heterocycles. The second-order valence-corrected chi connectivity index (χ2v) is 22.5. The van der Waals surface area contributed by atoms with E-state index in [9.17, 15) is 14.7 Å². The van der Waals surface area contributed by atoms with Crippen molar-refractivity contribution < 1.29 is 29.0 Å². The fourth-order valence-corrected chi connectivity index (χ4v) is 14.3. The summed E-state index contributed by atoms with van der Waals surface area (Å²) in [5, 5.41) is 32.3. The second kappa shape index (κ2) is 18.2. The summed E-state index contributed by atoms with van der Waals surface area (Å²) in [5.41, 5.74) is 3.16. The van der Waals surface area contributed by atoms with Crippen LogP contribution in [0.5, 0.6) is 5.75 Å². The van der Waals surface area contributed by atoms with Crippen molar-refractivity contribution in [3.63, 3.8) is 0 Å². The normalized spacial score (nSPS) is 25.1. The van der Waals surface area contributed by atoms with Crippen LogP contribution >= 0.6 is 0 Å². The van der Waals surface area contributed by atoms with Crippen molar-refractivity contribution in [2.24, 2.45) is 17.8 Å². The molecular formula is C46H60N8O6Si. The minimum Gasteiger partial charge on any atom is -0.497 e. The van der Waals surface area contributed by atoms with E-state index >= 15 is 4.79 Å². The molecule has 8 rings (SSSR count). The summed E-state index contributed by atoms with van der Waals surface area (Å²) in [6.45, 7) is 10.9. The highest BCUT2D eigenvalue weighted by Crippen LogP contribution is 2.60. The van der Waals surface area contributed by atoms with E-state index in [0.717, 1.165) is 72.7 Å². The maximum atomic E-state index is 15.5. The average molecular weight is 849 g/mol. The number of ether oxygens (including phenoxy) is 2. The molecule has 0 bridgehead atoms. The number of nitrogens with zero attached hydrogens (tertiary/aromatic N) is 4. The molecule has 3 fully saturated rings. The second-order valence-electron chi connectivity index (χ2n) is 17.8. The van der Waals surface area contributed by atoms with Crippen LogP contribution in [-0.4, -0.2) is 91.9 Å². The van der Waals surface area contributed by atoms with Crippen molar-refractivity contribution in [1.82, 2.24) is 25.6 Å². The van der Waals surface area contributed by atoms with Gasteiger partial charge in [0, 0.05) is 61.7 Å². The topological polar surface area (TPSA) is 172 Å². The monoisotopic (exact) mass is 848 g/mol. The average Bonchev–Trinajstić information content (AvgIpc) is 3.93. The number of aromatic nitrogens is 3. The lowest BCUT2D eigenvalue weighted by Crippen LogP contribution is -2.51. The van der Waals surface area contributed by atoms with Crippen molar-refractivity contribution in [2.45, 2.75) is 88.9 Å². The third kappa shape index (κ3) is 8.63. The molecule has 14 nitrogen and oxygen atoms in total. The molecule has 0 saturated carbocycles. The summed E-state index contributed by atoms with van der Waals surface area (Å²) < 4.78 is 14.7. The molecule has 4 aliphatic heterocycles. The molecule has 6 atom stereocenters. The first-order valence-electron chi connectivity index (χ1n) is 21.9. The number of piperidine rings is 2. The van der Waals surface area contributed by atoms with E-state index in [4.69, 9.17) is 9.47 Å². The Morgan fingerprint density at radius 3 is 2.23 bits per heavy atom. The number of amides is 3. The van der Waals surface area contributed by atoms with Crippen LogP contribution < -0.4 is 36.1 Å². The summed E-state index contributed by atoms with van der Waals surface area (Å²) in [7, 11) is -0.767. The zero-order valence-electron chi connectivity index (χ0n) is 35.8. The van der Waals surface area contributed by atoms with E-state index in [1.54, 1.807) is 11.8 Å². The molecule has 0 radical (unpaired) electrons. The molecule has 1 spiro atoms. The van der Waals surface area contributed by atoms with Gasteiger partial charge in [-0.25, -0.2) is 0 Å². The molecule has 3 amide bonds. The molecular weight excluding hydrogens is 789 g/mol. The first-order chi connectivity index (χ1) is 29.5. The van der Waals surface area contributed by atoms with Crippen LogP contribution in [0, 0.1) is 17.8 Å². The Hall–Kier alpha value is -4.93. The molecule has 61 heavy (non-hydrogen) atoms. The number of methoxy groups -OCH3 is 1. The Morgan fingerprint density at radius 1 is 0.951 bits per heavy atom. The standard InChI is InChI=1S/C46H60N8O6Si/c1-30-42(61(3,4)38-16-14-37(59-2)15-17-38)41(19-23-53-29-36(20-24-55)51-52-53)60-46(30)39-25-35(50-44(57)33-8-6-22-48-27-33)13-18-40(39)54(45(46)58)28-31-9-11-34(12-10-31)49-43(56)32-7-5-21-47-26-32/h9-18,25,29-30,32-33,41-42,47-48,55H,5-8,19-24,26-28H2,1-4H3,(H,49,56)(H,50,57)/t30-,32?,33?,41+,42-,46+/m1/s1. The first kappa shape index (κ1) is 42.7. The highest BCUT2D eigenvalue weighted by atomic mass is 28.3. The van der Waals surface area contributed by atoms with E-state index in [2.05, 4.69) is 63.7 Å². The summed E-state index contributed by atoms with van der Waals surface area (Å²) in [4.78, 5) is 44.0. The minimum absolute atomic E-state index is 0.00750. The quantitative estimate of drug-likeness (QED) is 0.114. The molecule has 4 aliphatic rings. The predicted octanol–water partition coefficient (Wildman–Crippen LogP) is 4.55. The molecule has 5 N–H and O–H groups in total. The number of hydrogen-bond donors (Lipinski definition) is 5. The number of aliphatic hydroxyl groups excluding tert-OH is 1. The number of aliphatic hydroxyl groups is 1. The third-order valence-electron chi connectivity index (χ3n) is 13.6. The molecule has 15 heteroatoms. The fraction of sp³-hybridized carbons (Fsp3) is 0.500. The molecule has 3 saturated heterocycles. The Labute approximate surface area is 359 Å². The van der Waals surface area contributed by atoms with Crippen LogP contribution in [-0.2, 0) is 44.2 Å². The van der Waals surface area contributed by atoms with Crippen LogP contribution in [0.1, 0.15) is 55.8 Å². The molecule has 4 aromatic rings. The van der Waals surface area contributed by atoms with Gasteiger partial charge in [-0.2, -0.15) is 0 Å². The smallest absolute Gasteiger partial charge is 0.264 e. The van der Waals surface area contributed by atoms with Gasteiger partial charge in [0.1, 0.15) is 5.75 Å². The van der Waals surface area contributed by atoms with Gasteiger partial charge in [0.05, 0.1) is 51.0 Å². The Morgan fingerprint density at radius 2 is 1.61 bits per heavy atom. The van der Waals surface area contributed by atoms with E-state index in [-0.39, 0.29) is 53.7 Å². The Bertz CT molecular complexity index is 2190. The van der Waals surface area contributed by atoms with E-state index < -0.39 is 13.7 Å². The van der Waals surface area contributed by atoms with Gasteiger partial charge in [0.15, 0.2) is 5.60 Å². The number of carbonyl (C=O) groups is 3. The van der Waals surface area contributed by atoms with Crippen LogP contribution in [0.2, 0.25) is 18.6 Å². The number of rotatable bonds is 14. The van der Waals surface area contributed by atoms with Gasteiger partial charge in [-0.15, -0.1) is 5.10 Å². The largest absolute Gasteiger partial charge is 0.497 e. The molecule has 2 unspecified atom stereocenters. The van der Waals surface area contributed by atoms with Crippen molar-refractivity contribution >= 4 is 48.0 Å². The lowest BCUT2D eigenvalue weighted by molar-refractivity contribution is -0.146. The minimum atomic E-state index is -2.43. The summed E-state index contributed by atoms with van der Waals surface area (Å²) in [5.74, 6) is 0.188. The number of anilines is 3. The van der Waals surface area contributed by atoms with Crippen LogP contribution in [0.4, 0.5) is 17.1 Å². The van der Waals surface area contributed by atoms with Gasteiger partial charge in [0.25, 0.3) is 5.91 Å². The maximum Gasteiger partial charge on any atom is 0.264 e. The zero-order valence-corrected chi connectivity index (χ0v) is 36.8. The molecule has 324 valence electrons. The predicted molar refractivity (Wildman–Crippen MR) is 238 cm³/mol. The van der Waals surface area contributed by atoms with E-state index in [1.807, 2.05) is 65.7 Å². The lowest BCUT2D eigenvalue weighted by atomic mass is 9.82. The van der Waals surface area contributed by atoms with Gasteiger partial charge in [-0.3, -0.25) is 19.1 Å². The van der Waals surface area contributed by atoms with Crippen molar-refractivity contribution in [3.8, 4) is 5.75 Å². The maximum absolute atomic E-state index is 15.5. The van der Waals surface area contributed by atoms with Crippen molar-refractivity contribution in [1.29, 1.82) is 0 Å². The molecule has 1 aromatic heterocycles. The van der Waals surface area contributed by atoms with Crippen LogP contribution in [0.25, 0.3) is 0 Å². The van der Waals surface area contributed by atoms with Gasteiger partial charge in [-0.1, -0.05) is 54.7 Å². The molecule has 3 aromatic carbocycles. The van der Waals surface area contributed by atoms with Gasteiger partial charge >= 0.3 is 0 Å². The number of nitrogens with one attached hydrogen (secondary N) is 4. The van der Waals surface area contributed by atoms with E-state index in [1.165, 1.54) is 5.19 Å². The number of hydrogen-bond acceptors (Lipinski definition) is 10. The van der Waals surface area contributed by atoms with Gasteiger partial charge in [-0.05, 0) is 98.8 Å². The van der Waals surface area contributed by atoms with Gasteiger partial charge < -0.3 is 40.7 Å². The number of fused-ring (bicyclic) bond motifs is 2. The number of benzene rings is 3. The van der Waals surface area contributed by atoms with Crippen LogP contribution in [0.15, 0.2) is 72.9 Å². The van der Waals surface area contributed by atoms with Gasteiger partial charge in [0.2, 0.25) is 11.8 Å². The van der Waals surface area contributed by atoms with Crippen molar-refractivity contribution in [3.05, 3.63) is 89.7 Å². The number of carbonyl (C=O) groups excluding carboxylic acids is 3. The highest BCUT2D eigenvalue weighted by Gasteiger charge is 2.66. The summed E-state index contributed by atoms with van der Waals surface area (Å²) in [6.07, 6.45) is 6.16.